The molecule has 0 radical (unpaired) electrons. The highest BCUT2D eigenvalue weighted by Crippen LogP contribution is 2.34. The van der Waals surface area contributed by atoms with Gasteiger partial charge in [0, 0.05) is 53.5 Å². The number of carbonyl (C=O) groups is 2. The van der Waals surface area contributed by atoms with Crippen LogP contribution in [0, 0.1) is 0 Å². The van der Waals surface area contributed by atoms with Crippen LogP contribution in [0.1, 0.15) is 35.7 Å². The first-order valence-electron chi connectivity index (χ1n) is 12.1. The second-order valence-corrected chi connectivity index (χ2v) is 13.4. The maximum Gasteiger partial charge on any atom is 0.267 e. The van der Waals surface area contributed by atoms with E-state index in [1.165, 1.54) is 25.1 Å². The van der Waals surface area contributed by atoms with Gasteiger partial charge in [0.25, 0.3) is 11.8 Å². The van der Waals surface area contributed by atoms with Crippen LogP contribution < -0.4 is 10.0 Å². The highest BCUT2D eigenvalue weighted by Gasteiger charge is 2.41. The Bertz CT molecular complexity index is 1370. The number of likely N-dealkylation sites (tertiary alicyclic amines) is 2. The molecule has 2 heterocycles. The van der Waals surface area contributed by atoms with Crippen molar-refractivity contribution in [3.8, 4) is 0 Å². The number of aliphatic hydroxyl groups is 1. The molecule has 0 aliphatic carbocycles. The standard InChI is InChI=1S/C25H28Cl4N4O5S/c1-25(36,18-9-14(26)3-4-19(18)27)24(35)32-7-5-17(6-8-32)33-12-16(13-33)30-15-10-20(28)22(21(29)11-15)23(34)31-39(2,37)38/h3-4,9-11,16-17,30,36H,5-8,12-13H2,1-2H3,(H,31,34)/t25-/m0/s1. The topological polar surface area (TPSA) is 119 Å². The Labute approximate surface area is 247 Å². The lowest BCUT2D eigenvalue weighted by molar-refractivity contribution is -0.152. The van der Waals surface area contributed by atoms with Crippen LogP contribution in [-0.4, -0.2) is 79.7 Å². The zero-order valence-corrected chi connectivity index (χ0v) is 25.0. The Balaban J connectivity index is 1.29. The number of amides is 2. The summed E-state index contributed by atoms with van der Waals surface area (Å²) < 4.78 is 24.6. The number of rotatable bonds is 7. The summed E-state index contributed by atoms with van der Waals surface area (Å²) in [5.74, 6) is -1.30. The molecule has 14 heteroatoms. The lowest BCUT2D eigenvalue weighted by atomic mass is 9.92. The Morgan fingerprint density at radius 1 is 1.00 bits per heavy atom. The van der Waals surface area contributed by atoms with Gasteiger partial charge in [-0.15, -0.1) is 0 Å². The molecule has 0 unspecified atom stereocenters. The molecule has 2 aliphatic rings. The molecule has 2 saturated heterocycles. The van der Waals surface area contributed by atoms with Gasteiger partial charge < -0.3 is 15.3 Å². The molecule has 4 rings (SSSR count). The third-order valence-corrected chi connectivity index (χ3v) is 8.68. The van der Waals surface area contributed by atoms with Crippen LogP contribution in [-0.2, 0) is 20.4 Å². The van der Waals surface area contributed by atoms with Crippen LogP contribution in [0.15, 0.2) is 30.3 Å². The third-order valence-electron chi connectivity index (χ3n) is 6.97. The van der Waals surface area contributed by atoms with Gasteiger partial charge in [0.15, 0.2) is 5.60 Å². The molecule has 212 valence electrons. The summed E-state index contributed by atoms with van der Waals surface area (Å²) in [7, 11) is -3.76. The average molecular weight is 638 g/mol. The molecule has 0 spiro atoms. The number of hydrogen-bond acceptors (Lipinski definition) is 7. The molecule has 0 bridgehead atoms. The van der Waals surface area contributed by atoms with E-state index in [2.05, 4.69) is 10.2 Å². The summed E-state index contributed by atoms with van der Waals surface area (Å²) in [6.45, 7) is 3.98. The van der Waals surface area contributed by atoms with Crippen molar-refractivity contribution in [2.75, 3.05) is 37.8 Å². The lowest BCUT2D eigenvalue weighted by Gasteiger charge is -2.48. The fourth-order valence-corrected chi connectivity index (χ4v) is 6.53. The minimum Gasteiger partial charge on any atom is -0.380 e. The highest BCUT2D eigenvalue weighted by molar-refractivity contribution is 7.89. The van der Waals surface area contributed by atoms with Gasteiger partial charge in [0.1, 0.15) is 0 Å². The number of hydrogen-bond donors (Lipinski definition) is 3. The van der Waals surface area contributed by atoms with E-state index in [1.807, 2.05) is 4.72 Å². The number of nitrogens with one attached hydrogen (secondary N) is 2. The van der Waals surface area contributed by atoms with E-state index in [9.17, 15) is 23.1 Å². The van der Waals surface area contributed by atoms with Crippen molar-refractivity contribution in [3.05, 3.63) is 61.5 Å². The van der Waals surface area contributed by atoms with E-state index in [4.69, 9.17) is 46.4 Å². The van der Waals surface area contributed by atoms with Crippen molar-refractivity contribution in [1.82, 2.24) is 14.5 Å². The van der Waals surface area contributed by atoms with Crippen molar-refractivity contribution in [3.63, 3.8) is 0 Å². The van der Waals surface area contributed by atoms with Gasteiger partial charge in [-0.3, -0.25) is 14.5 Å². The number of halogens is 4. The zero-order chi connectivity index (χ0) is 28.7. The van der Waals surface area contributed by atoms with Crippen molar-refractivity contribution in [1.29, 1.82) is 0 Å². The van der Waals surface area contributed by atoms with Gasteiger partial charge in [0.05, 0.1) is 27.9 Å². The Hall–Kier alpha value is -1.79. The molecule has 2 fully saturated rings. The number of carbonyl (C=O) groups excluding carboxylic acids is 2. The van der Waals surface area contributed by atoms with Gasteiger partial charge in [-0.1, -0.05) is 46.4 Å². The van der Waals surface area contributed by atoms with Gasteiger partial charge in [-0.25, -0.2) is 13.1 Å². The monoisotopic (exact) mass is 636 g/mol. The molecule has 39 heavy (non-hydrogen) atoms. The first-order valence-corrected chi connectivity index (χ1v) is 15.5. The molecular formula is C25H28Cl4N4O5S. The van der Waals surface area contributed by atoms with Crippen LogP contribution in [0.3, 0.4) is 0 Å². The Morgan fingerprint density at radius 3 is 2.15 bits per heavy atom. The van der Waals surface area contributed by atoms with E-state index >= 15 is 0 Å². The van der Waals surface area contributed by atoms with E-state index in [0.29, 0.717) is 29.8 Å². The fourth-order valence-electron chi connectivity index (χ4n) is 4.96. The first kappa shape index (κ1) is 30.2. The van der Waals surface area contributed by atoms with Gasteiger partial charge in [-0.2, -0.15) is 0 Å². The van der Waals surface area contributed by atoms with Crippen molar-refractivity contribution in [2.45, 2.75) is 37.5 Å². The zero-order valence-electron chi connectivity index (χ0n) is 21.2. The first-order chi connectivity index (χ1) is 18.2. The largest absolute Gasteiger partial charge is 0.380 e. The lowest BCUT2D eigenvalue weighted by Crippen LogP contribution is -2.61. The van der Waals surface area contributed by atoms with Gasteiger partial charge in [-0.05, 0) is 50.1 Å². The fraction of sp³-hybridized carbons (Fsp3) is 0.440. The predicted molar refractivity (Wildman–Crippen MR) is 153 cm³/mol. The van der Waals surface area contributed by atoms with Crippen molar-refractivity contribution < 1.29 is 23.1 Å². The molecule has 2 aromatic rings. The van der Waals surface area contributed by atoms with Gasteiger partial charge in [0.2, 0.25) is 10.0 Å². The molecule has 3 N–H and O–H groups in total. The minimum absolute atomic E-state index is 0.0364. The predicted octanol–water partition coefficient (Wildman–Crippen LogP) is 3.98. The second-order valence-electron chi connectivity index (χ2n) is 10.0. The van der Waals surface area contributed by atoms with E-state index in [1.54, 1.807) is 17.0 Å². The SMILES string of the molecule is C[C@@](O)(C(=O)N1CCC(N2CC(Nc3cc(Cl)c(C(=O)NS(C)(=O)=O)c(Cl)c3)C2)CC1)c1cc(Cl)ccc1Cl. The number of sulfonamides is 1. The van der Waals surface area contributed by atoms with E-state index < -0.39 is 27.4 Å². The summed E-state index contributed by atoms with van der Waals surface area (Å²) in [5.41, 5.74) is -0.996. The van der Waals surface area contributed by atoms with Gasteiger partial charge >= 0.3 is 0 Å². The van der Waals surface area contributed by atoms with E-state index in [-0.39, 0.29) is 32.2 Å². The molecule has 2 amide bonds. The third kappa shape index (κ3) is 6.93. The van der Waals surface area contributed by atoms with Crippen LogP contribution in [0.25, 0.3) is 0 Å². The maximum absolute atomic E-state index is 13.2. The molecule has 0 saturated carbocycles. The summed E-state index contributed by atoms with van der Waals surface area (Å²) in [6.07, 6.45) is 2.40. The molecule has 2 aromatic carbocycles. The molecule has 2 aliphatic heterocycles. The highest BCUT2D eigenvalue weighted by atomic mass is 35.5. The molecular weight excluding hydrogens is 610 g/mol. The van der Waals surface area contributed by atoms with Crippen LogP contribution in [0.5, 0.6) is 0 Å². The molecule has 0 aromatic heterocycles. The summed E-state index contributed by atoms with van der Waals surface area (Å²) in [6, 6.07) is 8.17. The number of anilines is 1. The number of benzene rings is 2. The minimum atomic E-state index is -3.76. The molecule has 1 atom stereocenters. The summed E-state index contributed by atoms with van der Waals surface area (Å²) in [4.78, 5) is 29.4. The Kier molecular flexibility index (Phi) is 8.97. The normalized spacial score (nSPS) is 18.8. The average Bonchev–Trinajstić information content (AvgIpc) is 2.80. The molecule has 9 nitrogen and oxygen atoms in total. The van der Waals surface area contributed by atoms with Crippen LogP contribution >= 0.6 is 46.4 Å². The smallest absolute Gasteiger partial charge is 0.267 e. The van der Waals surface area contributed by atoms with Crippen molar-refractivity contribution in [2.24, 2.45) is 0 Å². The van der Waals surface area contributed by atoms with Crippen LogP contribution in [0.2, 0.25) is 20.1 Å². The maximum atomic E-state index is 13.2. The number of piperidine rings is 1. The Morgan fingerprint density at radius 2 is 1.59 bits per heavy atom. The van der Waals surface area contributed by atoms with E-state index in [0.717, 1.165) is 32.2 Å². The van der Waals surface area contributed by atoms with Crippen LogP contribution in [0.4, 0.5) is 5.69 Å². The quantitative estimate of drug-likeness (QED) is 0.420. The number of nitrogens with zero attached hydrogens (tertiary/aromatic N) is 2. The summed E-state index contributed by atoms with van der Waals surface area (Å²) in [5, 5.41) is 15.1. The summed E-state index contributed by atoms with van der Waals surface area (Å²) >= 11 is 24.7. The second kappa shape index (κ2) is 11.6. The van der Waals surface area contributed by atoms with Crippen molar-refractivity contribution >= 4 is 73.9 Å².